The van der Waals surface area contributed by atoms with E-state index in [1.807, 2.05) is 13.0 Å². The van der Waals surface area contributed by atoms with Gasteiger partial charge in [0.2, 0.25) is 0 Å². The second kappa shape index (κ2) is 5.92. The number of aliphatic hydroxyl groups is 4. The molecule has 0 aromatic heterocycles. The lowest BCUT2D eigenvalue weighted by Crippen LogP contribution is -2.42. The summed E-state index contributed by atoms with van der Waals surface area (Å²) in [4.78, 5) is 0. The van der Waals surface area contributed by atoms with Crippen molar-refractivity contribution in [2.75, 3.05) is 0 Å². The second-order valence-electron chi connectivity index (χ2n) is 6.70. The molecule has 4 heteroatoms. The number of hydrogen-bond donors (Lipinski definition) is 4. The summed E-state index contributed by atoms with van der Waals surface area (Å²) in [6, 6.07) is 0. The summed E-state index contributed by atoms with van der Waals surface area (Å²) in [5.41, 5.74) is -1.13. The van der Waals surface area contributed by atoms with Crippen molar-refractivity contribution in [3.63, 3.8) is 0 Å². The minimum Gasteiger partial charge on any atom is -0.390 e. The van der Waals surface area contributed by atoms with E-state index in [9.17, 15) is 20.4 Å². The minimum absolute atomic E-state index is 0.0137. The van der Waals surface area contributed by atoms with Gasteiger partial charge in [-0.25, -0.2) is 0 Å². The molecule has 0 aromatic carbocycles. The van der Waals surface area contributed by atoms with Crippen LogP contribution in [-0.4, -0.2) is 43.8 Å². The van der Waals surface area contributed by atoms with E-state index in [1.165, 1.54) is 0 Å². The van der Waals surface area contributed by atoms with Gasteiger partial charge in [-0.1, -0.05) is 6.08 Å². The number of rotatable bonds is 5. The van der Waals surface area contributed by atoms with Gasteiger partial charge in [0.25, 0.3) is 0 Å². The summed E-state index contributed by atoms with van der Waals surface area (Å²) in [5, 5.41) is 39.9. The first-order valence-corrected chi connectivity index (χ1v) is 7.01. The molecule has 0 heterocycles. The van der Waals surface area contributed by atoms with E-state index < -0.39 is 23.4 Å². The smallest absolute Gasteiger partial charge is 0.0849 e. The fraction of sp³-hybridized carbons (Fsp3) is 0.867. The first-order chi connectivity index (χ1) is 8.54. The molecule has 1 aliphatic carbocycles. The molecular formula is C15H28O4. The lowest BCUT2D eigenvalue weighted by atomic mass is 9.75. The van der Waals surface area contributed by atoms with Gasteiger partial charge in [-0.3, -0.25) is 0 Å². The van der Waals surface area contributed by atoms with Crippen LogP contribution in [0.2, 0.25) is 0 Å². The van der Waals surface area contributed by atoms with Crippen LogP contribution < -0.4 is 0 Å². The molecule has 112 valence electrons. The van der Waals surface area contributed by atoms with E-state index in [0.29, 0.717) is 19.3 Å². The summed E-state index contributed by atoms with van der Waals surface area (Å²) in [5.74, 6) is -0.0137. The lowest BCUT2D eigenvalue weighted by molar-refractivity contribution is -0.0765. The summed E-state index contributed by atoms with van der Waals surface area (Å²) >= 11 is 0. The molecule has 0 fully saturated rings. The van der Waals surface area contributed by atoms with E-state index in [2.05, 4.69) is 0 Å². The molecule has 0 saturated carbocycles. The van der Waals surface area contributed by atoms with Gasteiger partial charge in [-0.05, 0) is 64.9 Å². The van der Waals surface area contributed by atoms with Crippen LogP contribution in [0.4, 0.5) is 0 Å². The molecule has 4 atom stereocenters. The summed E-state index contributed by atoms with van der Waals surface area (Å²) in [6.45, 7) is 6.76. The highest BCUT2D eigenvalue weighted by Gasteiger charge is 2.36. The van der Waals surface area contributed by atoms with Crippen molar-refractivity contribution < 1.29 is 20.4 Å². The van der Waals surface area contributed by atoms with Gasteiger partial charge in [0.15, 0.2) is 0 Å². The quantitative estimate of drug-likeness (QED) is 0.570. The molecule has 1 rings (SSSR count). The number of allylic oxidation sites excluding steroid dienone is 1. The molecule has 4 N–H and O–H groups in total. The van der Waals surface area contributed by atoms with Crippen molar-refractivity contribution in [2.24, 2.45) is 5.92 Å². The molecule has 0 radical (unpaired) electrons. The van der Waals surface area contributed by atoms with E-state index >= 15 is 0 Å². The summed E-state index contributed by atoms with van der Waals surface area (Å²) in [6.07, 6.45) is 2.67. The molecule has 0 bridgehead atoms. The van der Waals surface area contributed by atoms with Gasteiger partial charge in [0, 0.05) is 0 Å². The lowest BCUT2D eigenvalue weighted by Gasteiger charge is -2.38. The van der Waals surface area contributed by atoms with Crippen molar-refractivity contribution in [2.45, 2.75) is 76.8 Å². The average molecular weight is 272 g/mol. The molecule has 0 saturated heterocycles. The molecule has 0 aromatic rings. The van der Waals surface area contributed by atoms with Crippen molar-refractivity contribution in [3.8, 4) is 0 Å². The Morgan fingerprint density at radius 3 is 2.37 bits per heavy atom. The van der Waals surface area contributed by atoms with Crippen molar-refractivity contribution in [1.29, 1.82) is 0 Å². The highest BCUT2D eigenvalue weighted by atomic mass is 16.3. The highest BCUT2D eigenvalue weighted by molar-refractivity contribution is 5.11. The van der Waals surface area contributed by atoms with Crippen LogP contribution in [0.15, 0.2) is 11.6 Å². The Balaban J connectivity index is 2.57. The first kappa shape index (κ1) is 16.6. The zero-order valence-corrected chi connectivity index (χ0v) is 12.4. The largest absolute Gasteiger partial charge is 0.390 e. The number of aliphatic hydroxyl groups excluding tert-OH is 2. The maximum Gasteiger partial charge on any atom is 0.0849 e. The molecule has 4 unspecified atom stereocenters. The molecular weight excluding hydrogens is 244 g/mol. The van der Waals surface area contributed by atoms with E-state index in [0.717, 1.165) is 12.0 Å². The third kappa shape index (κ3) is 4.56. The van der Waals surface area contributed by atoms with Gasteiger partial charge >= 0.3 is 0 Å². The molecule has 1 aliphatic rings. The fourth-order valence-corrected chi connectivity index (χ4v) is 2.51. The third-order valence-corrected chi connectivity index (χ3v) is 4.38. The zero-order valence-electron chi connectivity index (χ0n) is 12.4. The standard InChI is InChI=1S/C15H28O4/c1-10-5-6-11(9-12(10)16)15(4,19)8-7-13(17)14(2,3)18/h5,11-13,16-19H,6-9H2,1-4H3. The topological polar surface area (TPSA) is 80.9 Å². The van der Waals surface area contributed by atoms with Crippen LogP contribution in [0.5, 0.6) is 0 Å². The van der Waals surface area contributed by atoms with Crippen LogP contribution in [0.1, 0.15) is 53.4 Å². The minimum atomic E-state index is -1.15. The van der Waals surface area contributed by atoms with Crippen molar-refractivity contribution in [1.82, 2.24) is 0 Å². The van der Waals surface area contributed by atoms with Crippen LogP contribution in [0.3, 0.4) is 0 Å². The molecule has 0 spiro atoms. The predicted octanol–water partition coefficient (Wildman–Crippen LogP) is 1.37. The van der Waals surface area contributed by atoms with Crippen molar-refractivity contribution in [3.05, 3.63) is 11.6 Å². The van der Waals surface area contributed by atoms with Crippen molar-refractivity contribution >= 4 is 0 Å². The van der Waals surface area contributed by atoms with E-state index in [1.54, 1.807) is 20.8 Å². The van der Waals surface area contributed by atoms with Gasteiger partial charge in [-0.15, -0.1) is 0 Å². The van der Waals surface area contributed by atoms with Crippen LogP contribution in [0, 0.1) is 5.92 Å². The van der Waals surface area contributed by atoms with Crippen LogP contribution >= 0.6 is 0 Å². The van der Waals surface area contributed by atoms with Crippen LogP contribution in [0.25, 0.3) is 0 Å². The monoisotopic (exact) mass is 272 g/mol. The Morgan fingerprint density at radius 2 is 1.89 bits per heavy atom. The summed E-state index contributed by atoms with van der Waals surface area (Å²) < 4.78 is 0. The Hall–Kier alpha value is -0.420. The maximum atomic E-state index is 10.5. The predicted molar refractivity (Wildman–Crippen MR) is 74.7 cm³/mol. The number of hydrogen-bond acceptors (Lipinski definition) is 4. The molecule has 0 aliphatic heterocycles. The Kier molecular flexibility index (Phi) is 5.18. The van der Waals surface area contributed by atoms with Crippen LogP contribution in [-0.2, 0) is 0 Å². The zero-order chi connectivity index (χ0) is 14.8. The maximum absolute atomic E-state index is 10.5. The molecule has 4 nitrogen and oxygen atoms in total. The van der Waals surface area contributed by atoms with Gasteiger partial charge in [0.1, 0.15) is 0 Å². The second-order valence-corrected chi connectivity index (χ2v) is 6.70. The van der Waals surface area contributed by atoms with Gasteiger partial charge < -0.3 is 20.4 Å². The fourth-order valence-electron chi connectivity index (χ4n) is 2.51. The Labute approximate surface area is 115 Å². The SMILES string of the molecule is CC1=CCC(C(C)(O)CCC(O)C(C)(C)O)CC1O. The average Bonchev–Trinajstić information content (AvgIpc) is 2.28. The normalized spacial score (nSPS) is 29.6. The van der Waals surface area contributed by atoms with E-state index in [-0.39, 0.29) is 5.92 Å². The van der Waals surface area contributed by atoms with Gasteiger partial charge in [0.05, 0.1) is 23.4 Å². The summed E-state index contributed by atoms with van der Waals surface area (Å²) in [7, 11) is 0. The molecule has 0 amide bonds. The first-order valence-electron chi connectivity index (χ1n) is 7.01. The Bertz CT molecular complexity index is 328. The Morgan fingerprint density at radius 1 is 1.32 bits per heavy atom. The molecule has 19 heavy (non-hydrogen) atoms. The van der Waals surface area contributed by atoms with E-state index in [4.69, 9.17) is 0 Å². The third-order valence-electron chi connectivity index (χ3n) is 4.38. The van der Waals surface area contributed by atoms with Gasteiger partial charge in [-0.2, -0.15) is 0 Å². The highest BCUT2D eigenvalue weighted by Crippen LogP contribution is 2.35.